The van der Waals surface area contributed by atoms with Gasteiger partial charge in [-0.3, -0.25) is 33.6 Å². The Hall–Kier alpha value is -7.53. The maximum absolute atomic E-state index is 14.7. The van der Waals surface area contributed by atoms with Gasteiger partial charge >= 0.3 is 0 Å². The van der Waals surface area contributed by atoms with Crippen molar-refractivity contribution in [2.45, 2.75) is 138 Å². The second kappa shape index (κ2) is 29.6. The van der Waals surface area contributed by atoms with Gasteiger partial charge in [-0.15, -0.1) is 0 Å². The molecule has 1 aromatic heterocycles. The van der Waals surface area contributed by atoms with E-state index >= 15 is 0 Å². The number of carbonyl (C=O) groups is 7. The largest absolute Gasteiger partial charge is 0.504 e. The number of aromatic hydroxyl groups is 1. The lowest BCUT2D eigenvalue weighted by Crippen LogP contribution is -2.64. The second-order valence-electron chi connectivity index (χ2n) is 22.5. The van der Waals surface area contributed by atoms with Gasteiger partial charge < -0.3 is 96.2 Å². The van der Waals surface area contributed by atoms with E-state index in [4.69, 9.17) is 24.4 Å². The molecule has 31 heteroatoms. The fourth-order valence-corrected chi connectivity index (χ4v) is 11.5. The van der Waals surface area contributed by atoms with E-state index in [1.807, 2.05) is 38.1 Å². The van der Waals surface area contributed by atoms with E-state index in [9.17, 15) is 69.3 Å². The number of aliphatic hydroxyl groups is 6. The van der Waals surface area contributed by atoms with Crippen molar-refractivity contribution in [1.82, 2.24) is 41.5 Å². The Balaban J connectivity index is 1.07. The molecule has 8 rings (SSSR count). The normalized spacial score (nSPS) is 28.1. The SMILES string of the molecule is C[C@@H]1CN(c2ccc(-c3cc(-c4ccc(C(=O)N[C@H]5C[C@H](O)CNC(=O)[C@@H]6[C@@H](O)[C@H](C)CN6C(=O)[C@H]([C@H](O)CCN)NC(=O)[C@H]([C@H](O)Cc6ccc(O)c(OSOOO)c6)NC(=O)[C@@H]6C[C@H](O)CN6C(=O)[C@H]([C@H](C)O)NC5=O)cc4)no3)cc2)C[C@H](C)O1. The number of β-amino-alcohol motifs (C(OH)–C–C–N with tert-alkyl or cyclic N) is 1. The lowest BCUT2D eigenvalue weighted by Gasteiger charge is -2.36. The van der Waals surface area contributed by atoms with Crippen molar-refractivity contribution in [3.05, 3.63) is 83.9 Å². The molecule has 30 nitrogen and oxygen atoms in total. The summed E-state index contributed by atoms with van der Waals surface area (Å²) in [6.45, 7) is 6.40. The Morgan fingerprint density at radius 2 is 1.43 bits per heavy atom. The highest BCUT2D eigenvalue weighted by molar-refractivity contribution is 7.90. The molecule has 0 bridgehead atoms. The summed E-state index contributed by atoms with van der Waals surface area (Å²) >= 11 is 0.0797. The number of morpholine rings is 1. The Morgan fingerprint density at radius 1 is 0.773 bits per heavy atom. The van der Waals surface area contributed by atoms with E-state index in [1.165, 1.54) is 31.2 Å². The van der Waals surface area contributed by atoms with E-state index in [2.05, 4.69) is 46.0 Å². The Morgan fingerprint density at radius 3 is 2.10 bits per heavy atom. The van der Waals surface area contributed by atoms with Gasteiger partial charge in [0.2, 0.25) is 35.4 Å². The molecule has 4 fully saturated rings. The van der Waals surface area contributed by atoms with Crippen LogP contribution in [-0.2, 0) is 49.3 Å². The van der Waals surface area contributed by atoms with Crippen molar-refractivity contribution in [3.63, 3.8) is 0 Å². The number of aliphatic hydroxyl groups excluding tert-OH is 6. The van der Waals surface area contributed by atoms with Crippen molar-refractivity contribution >= 4 is 59.4 Å². The number of phenolic OH excluding ortho intramolecular Hbond substituents is 1. The van der Waals surface area contributed by atoms with Crippen molar-refractivity contribution in [2.75, 3.05) is 44.2 Å². The lowest BCUT2D eigenvalue weighted by molar-refractivity contribution is -0.433. The number of nitrogens with two attached hydrogens (primary N) is 1. The number of anilines is 1. The highest BCUT2D eigenvalue weighted by atomic mass is 32.2. The molecule has 5 heterocycles. The van der Waals surface area contributed by atoms with Gasteiger partial charge in [-0.1, -0.05) is 39.7 Å². The van der Waals surface area contributed by atoms with E-state index in [0.29, 0.717) is 17.0 Å². The van der Waals surface area contributed by atoms with E-state index in [0.717, 1.165) is 47.1 Å². The molecule has 7 amide bonds. The number of amides is 7. The van der Waals surface area contributed by atoms with Gasteiger partial charge in [0.05, 0.1) is 48.8 Å². The minimum absolute atomic E-state index is 0.0111. The van der Waals surface area contributed by atoms with Crippen molar-refractivity contribution in [2.24, 2.45) is 11.7 Å². The average Bonchev–Trinajstić information content (AvgIpc) is 3.68. The zero-order valence-corrected chi connectivity index (χ0v) is 49.2. The molecule has 88 heavy (non-hydrogen) atoms. The Labute approximate surface area is 508 Å². The minimum atomic E-state index is -2.11. The van der Waals surface area contributed by atoms with E-state index in [1.54, 1.807) is 18.2 Å². The molecule has 4 aliphatic heterocycles. The van der Waals surface area contributed by atoms with Crippen molar-refractivity contribution in [3.8, 4) is 34.1 Å². The molecule has 478 valence electrons. The summed E-state index contributed by atoms with van der Waals surface area (Å²) < 4.78 is 20.9. The number of carbonyl (C=O) groups excluding carboxylic acids is 7. The molecule has 4 aliphatic rings. The van der Waals surface area contributed by atoms with Crippen LogP contribution in [0.5, 0.6) is 11.5 Å². The molecular formula is C57H74N10O20S. The number of benzene rings is 3. The zero-order valence-electron chi connectivity index (χ0n) is 48.4. The number of phenols is 1. The lowest BCUT2D eigenvalue weighted by atomic mass is 9.98. The first kappa shape index (κ1) is 66.4. The minimum Gasteiger partial charge on any atom is -0.504 e. The van der Waals surface area contributed by atoms with Crippen LogP contribution in [0.2, 0.25) is 0 Å². The summed E-state index contributed by atoms with van der Waals surface area (Å²) in [5, 5.41) is 107. The fourth-order valence-electron chi connectivity index (χ4n) is 11.2. The van der Waals surface area contributed by atoms with Crippen molar-refractivity contribution < 1.29 is 97.4 Å². The first-order valence-corrected chi connectivity index (χ1v) is 29.2. The summed E-state index contributed by atoms with van der Waals surface area (Å²) in [4.78, 5) is 105. The average molecular weight is 1250 g/mol. The predicted octanol–water partition coefficient (Wildman–Crippen LogP) is -2.01. The number of nitrogens with one attached hydrogen (secondary N) is 5. The monoisotopic (exact) mass is 1250 g/mol. The highest BCUT2D eigenvalue weighted by Crippen LogP contribution is 2.33. The quantitative estimate of drug-likeness (QED) is 0.0249. The zero-order chi connectivity index (χ0) is 63.7. The molecule has 0 radical (unpaired) electrons. The topological polar surface area (TPSA) is 440 Å². The van der Waals surface area contributed by atoms with Crippen LogP contribution in [0.1, 0.15) is 62.9 Å². The third-order valence-corrected chi connectivity index (χ3v) is 16.1. The number of hydrogen-bond donors (Lipinski definition) is 14. The molecule has 0 unspecified atom stereocenters. The van der Waals surface area contributed by atoms with Crippen LogP contribution in [0.3, 0.4) is 0 Å². The number of rotatable bonds is 16. The summed E-state index contributed by atoms with van der Waals surface area (Å²) in [5.74, 6) is -8.87. The molecule has 0 aliphatic carbocycles. The van der Waals surface area contributed by atoms with Crippen LogP contribution in [-0.4, -0.2) is 222 Å². The van der Waals surface area contributed by atoms with Gasteiger partial charge in [0.25, 0.3) is 18.2 Å². The number of hydrogen-bond acceptors (Lipinski definition) is 24. The Kier molecular flexibility index (Phi) is 22.4. The molecule has 3 aromatic carbocycles. The molecular weight excluding hydrogens is 1180 g/mol. The van der Waals surface area contributed by atoms with Crippen LogP contribution in [0.25, 0.3) is 22.6 Å². The van der Waals surface area contributed by atoms with Crippen LogP contribution >= 0.6 is 12.3 Å². The molecule has 15 N–H and O–H groups in total. The number of fused-ring (bicyclic) bond motifs is 2. The van der Waals surface area contributed by atoms with Crippen LogP contribution in [0, 0.1) is 5.92 Å². The number of nitrogens with zero attached hydrogens (tertiary/aromatic N) is 4. The molecule has 4 aromatic rings. The summed E-state index contributed by atoms with van der Waals surface area (Å²) in [6, 6.07) is 8.02. The van der Waals surface area contributed by atoms with Crippen LogP contribution < -0.4 is 41.4 Å². The van der Waals surface area contributed by atoms with Gasteiger partial charge in [0.15, 0.2) is 17.3 Å². The fraction of sp³-hybridized carbons (Fsp3) is 0.509. The third kappa shape index (κ3) is 16.0. The van der Waals surface area contributed by atoms with Gasteiger partial charge in [0, 0.05) is 86.3 Å². The smallest absolute Gasteiger partial charge is 0.261 e. The highest BCUT2D eigenvalue weighted by Gasteiger charge is 2.50. The summed E-state index contributed by atoms with van der Waals surface area (Å²) in [6.07, 6.45) is -12.1. The van der Waals surface area contributed by atoms with Gasteiger partial charge in [-0.05, 0) is 87.8 Å². The molecule has 0 saturated carbocycles. The van der Waals surface area contributed by atoms with E-state index < -0.39 is 158 Å². The standard InChI is InChI=1S/C57H74N10O20S/c1-27-23-67-49(50(27)74)55(79)59-22-36(69)19-39(60-51(75)34-8-6-32(7-9-34)38-21-44(84-64-38)33-10-12-35(13-11-33)65-24-28(2)83-29(3)25-65)52(76)61-46(30(4)68)56(80)66-26-37(70)20-40(66)53(77)62-47(54(78)63-48(57(67)81)42(72)15-16-58)43(73)17-31-5-14-41(71)45(18-31)85-88-87-86-82/h5-14,18,21,27-30,36-37,39-40,42-43,46-50,68-74,82H,15-17,19-20,22-26,58H2,1-4H3,(H,59,79)(H,60,75)(H,61,76)(H,62,77)(H,63,78)/t27-,28-,29+,30+,36+,37+,39+,40+,42-,43-,46+,47+,48+,49+,50+/m1/s1. The van der Waals surface area contributed by atoms with Crippen LogP contribution in [0.15, 0.2) is 77.3 Å². The summed E-state index contributed by atoms with van der Waals surface area (Å²) in [5.41, 5.74) is 8.70. The van der Waals surface area contributed by atoms with Crippen molar-refractivity contribution in [1.29, 1.82) is 0 Å². The van der Waals surface area contributed by atoms with Crippen LogP contribution in [0.4, 0.5) is 5.69 Å². The molecule has 15 atom stereocenters. The Bertz CT molecular complexity index is 3100. The van der Waals surface area contributed by atoms with Gasteiger partial charge in [0.1, 0.15) is 41.9 Å². The van der Waals surface area contributed by atoms with Gasteiger partial charge in [-0.25, -0.2) is 5.26 Å². The third-order valence-electron chi connectivity index (χ3n) is 15.7. The maximum atomic E-state index is 14.7. The van der Waals surface area contributed by atoms with Gasteiger partial charge in [-0.2, -0.15) is 0 Å². The summed E-state index contributed by atoms with van der Waals surface area (Å²) in [7, 11) is 0. The van der Waals surface area contributed by atoms with E-state index in [-0.39, 0.29) is 60.9 Å². The second-order valence-corrected chi connectivity index (χ2v) is 23.0. The first-order chi connectivity index (χ1) is 41.9. The predicted molar refractivity (Wildman–Crippen MR) is 309 cm³/mol. The molecule has 4 saturated heterocycles. The number of ether oxygens (including phenoxy) is 1. The first-order valence-electron chi connectivity index (χ1n) is 28.5. The number of aromatic nitrogens is 1. The molecule has 0 spiro atoms. The maximum Gasteiger partial charge on any atom is 0.261 e.